The fraction of sp³-hybridized carbons (Fsp3) is 0.667. The maximum atomic E-state index is 10.8. The van der Waals surface area contributed by atoms with Crippen LogP contribution in [0.5, 0.6) is 5.75 Å². The molecule has 2 unspecified atom stereocenters. The quantitative estimate of drug-likeness (QED) is 0.918. The summed E-state index contributed by atoms with van der Waals surface area (Å²) in [6.07, 6.45) is 7.70. The number of hydrogen-bond acceptors (Lipinski definition) is 3. The second-order valence-corrected chi connectivity index (χ2v) is 6.57. The average Bonchev–Trinajstić information content (AvgIpc) is 2.55. The zero-order chi connectivity index (χ0) is 14.7. The number of aliphatic hydroxyl groups excluding tert-OH is 1. The first-order valence-electron chi connectivity index (χ1n) is 8.18. The van der Waals surface area contributed by atoms with Crippen molar-refractivity contribution < 1.29 is 14.6 Å². The number of methoxy groups -OCH3 is 1. The van der Waals surface area contributed by atoms with Crippen molar-refractivity contribution in [2.75, 3.05) is 13.7 Å². The third kappa shape index (κ3) is 3.24. The van der Waals surface area contributed by atoms with Crippen LogP contribution in [0.4, 0.5) is 0 Å². The molecule has 1 saturated heterocycles. The van der Waals surface area contributed by atoms with Crippen LogP contribution in [0, 0.1) is 5.92 Å². The molecule has 1 saturated carbocycles. The van der Waals surface area contributed by atoms with Gasteiger partial charge in [-0.05, 0) is 49.3 Å². The molecule has 116 valence electrons. The Hall–Kier alpha value is -1.06. The number of hydrogen-bond donors (Lipinski definition) is 1. The minimum absolute atomic E-state index is 0.0427. The molecule has 3 rings (SSSR count). The Kier molecular flexibility index (Phi) is 4.51. The van der Waals surface area contributed by atoms with Gasteiger partial charge in [-0.25, -0.2) is 0 Å². The van der Waals surface area contributed by atoms with E-state index in [1.165, 1.54) is 19.3 Å². The van der Waals surface area contributed by atoms with Gasteiger partial charge in [0.2, 0.25) is 0 Å². The lowest BCUT2D eigenvalue weighted by atomic mass is 9.74. The summed E-state index contributed by atoms with van der Waals surface area (Å²) in [5, 5.41) is 10.8. The van der Waals surface area contributed by atoms with E-state index in [0.29, 0.717) is 5.92 Å². The summed E-state index contributed by atoms with van der Waals surface area (Å²) in [6.45, 7) is 0.783. The van der Waals surface area contributed by atoms with Crippen LogP contribution in [0.25, 0.3) is 0 Å². The van der Waals surface area contributed by atoms with E-state index in [9.17, 15) is 5.11 Å². The lowest BCUT2D eigenvalue weighted by Crippen LogP contribution is -2.42. The maximum Gasteiger partial charge on any atom is 0.119 e. The molecule has 2 atom stereocenters. The van der Waals surface area contributed by atoms with Gasteiger partial charge in [-0.3, -0.25) is 0 Å². The van der Waals surface area contributed by atoms with E-state index < -0.39 is 6.10 Å². The van der Waals surface area contributed by atoms with E-state index in [2.05, 4.69) is 0 Å². The molecule has 1 aromatic carbocycles. The highest BCUT2D eigenvalue weighted by atomic mass is 16.5. The van der Waals surface area contributed by atoms with E-state index in [-0.39, 0.29) is 5.60 Å². The highest BCUT2D eigenvalue weighted by molar-refractivity contribution is 5.30. The lowest BCUT2D eigenvalue weighted by Gasteiger charge is -2.44. The monoisotopic (exact) mass is 290 g/mol. The molecule has 1 aromatic rings. The molecule has 1 heterocycles. The predicted octanol–water partition coefficient (Wildman–Crippen LogP) is 3.86. The number of benzene rings is 1. The predicted molar refractivity (Wildman–Crippen MR) is 82.4 cm³/mol. The second-order valence-electron chi connectivity index (χ2n) is 6.57. The molecular weight excluding hydrogens is 264 g/mol. The third-order valence-electron chi connectivity index (χ3n) is 5.18. The highest BCUT2D eigenvalue weighted by Crippen LogP contribution is 2.44. The summed E-state index contributed by atoms with van der Waals surface area (Å²) >= 11 is 0. The number of rotatable bonds is 3. The number of ether oxygens (including phenoxy) is 2. The van der Waals surface area contributed by atoms with E-state index in [0.717, 1.165) is 43.6 Å². The molecular formula is C18H26O3. The molecule has 2 fully saturated rings. The molecule has 1 spiro atoms. The largest absolute Gasteiger partial charge is 0.497 e. The molecule has 1 aliphatic heterocycles. The van der Waals surface area contributed by atoms with Gasteiger partial charge in [-0.2, -0.15) is 0 Å². The van der Waals surface area contributed by atoms with Gasteiger partial charge in [0.05, 0.1) is 18.8 Å². The number of aliphatic hydroxyl groups is 1. The Morgan fingerprint density at radius 1 is 1.29 bits per heavy atom. The Morgan fingerprint density at radius 3 is 2.86 bits per heavy atom. The van der Waals surface area contributed by atoms with E-state index >= 15 is 0 Å². The van der Waals surface area contributed by atoms with Gasteiger partial charge in [-0.1, -0.05) is 31.4 Å². The summed E-state index contributed by atoms with van der Waals surface area (Å²) in [7, 11) is 1.66. The van der Waals surface area contributed by atoms with Crippen molar-refractivity contribution in [2.24, 2.45) is 5.92 Å². The minimum Gasteiger partial charge on any atom is -0.497 e. The molecule has 3 nitrogen and oxygen atoms in total. The third-order valence-corrected chi connectivity index (χ3v) is 5.18. The first-order valence-corrected chi connectivity index (χ1v) is 8.18. The highest BCUT2D eigenvalue weighted by Gasteiger charge is 2.40. The Morgan fingerprint density at radius 2 is 2.10 bits per heavy atom. The van der Waals surface area contributed by atoms with Crippen molar-refractivity contribution in [1.82, 2.24) is 0 Å². The van der Waals surface area contributed by atoms with Crippen LogP contribution in [-0.2, 0) is 4.74 Å². The average molecular weight is 290 g/mol. The summed E-state index contributed by atoms with van der Waals surface area (Å²) < 4.78 is 11.4. The molecule has 0 radical (unpaired) electrons. The minimum atomic E-state index is -0.414. The SMILES string of the molecule is COc1cccc(C(O)C2CCOC3(CCCCC3)C2)c1. The fourth-order valence-electron chi connectivity index (χ4n) is 3.98. The van der Waals surface area contributed by atoms with Crippen molar-refractivity contribution in [3.8, 4) is 5.75 Å². The molecule has 0 aromatic heterocycles. The summed E-state index contributed by atoms with van der Waals surface area (Å²) in [4.78, 5) is 0. The van der Waals surface area contributed by atoms with Gasteiger partial charge in [0.15, 0.2) is 0 Å². The van der Waals surface area contributed by atoms with Crippen LogP contribution in [0.3, 0.4) is 0 Å². The van der Waals surface area contributed by atoms with Gasteiger partial charge in [0.25, 0.3) is 0 Å². The van der Waals surface area contributed by atoms with Crippen molar-refractivity contribution in [1.29, 1.82) is 0 Å². The Balaban J connectivity index is 1.72. The Bertz CT molecular complexity index is 460. The molecule has 1 aliphatic carbocycles. The summed E-state index contributed by atoms with van der Waals surface area (Å²) in [5.41, 5.74) is 1.01. The van der Waals surface area contributed by atoms with Gasteiger partial charge in [0, 0.05) is 6.61 Å². The molecule has 0 bridgehead atoms. The van der Waals surface area contributed by atoms with Gasteiger partial charge < -0.3 is 14.6 Å². The molecule has 1 N–H and O–H groups in total. The van der Waals surface area contributed by atoms with Crippen LogP contribution in [0.1, 0.15) is 56.6 Å². The van der Waals surface area contributed by atoms with Crippen LogP contribution in [0.2, 0.25) is 0 Å². The van der Waals surface area contributed by atoms with Gasteiger partial charge in [-0.15, -0.1) is 0 Å². The first kappa shape index (κ1) is 14.9. The normalized spacial score (nSPS) is 26.5. The Labute approximate surface area is 127 Å². The molecule has 3 heteroatoms. The smallest absolute Gasteiger partial charge is 0.119 e. The van der Waals surface area contributed by atoms with Crippen molar-refractivity contribution >= 4 is 0 Å². The van der Waals surface area contributed by atoms with Crippen LogP contribution >= 0.6 is 0 Å². The summed E-state index contributed by atoms with van der Waals surface area (Å²) in [5.74, 6) is 1.11. The fourth-order valence-corrected chi connectivity index (χ4v) is 3.98. The van der Waals surface area contributed by atoms with Crippen molar-refractivity contribution in [2.45, 2.75) is 56.7 Å². The molecule has 21 heavy (non-hydrogen) atoms. The van der Waals surface area contributed by atoms with Crippen LogP contribution in [-0.4, -0.2) is 24.4 Å². The van der Waals surface area contributed by atoms with Crippen LogP contribution < -0.4 is 4.74 Å². The van der Waals surface area contributed by atoms with E-state index in [1.807, 2.05) is 24.3 Å². The van der Waals surface area contributed by atoms with Gasteiger partial charge in [0.1, 0.15) is 5.75 Å². The molecule has 0 amide bonds. The molecule has 2 aliphatic rings. The van der Waals surface area contributed by atoms with Crippen LogP contribution in [0.15, 0.2) is 24.3 Å². The maximum absolute atomic E-state index is 10.8. The standard InChI is InChI=1S/C18H26O3/c1-20-16-7-5-6-14(12-16)17(19)15-8-11-21-18(13-15)9-3-2-4-10-18/h5-7,12,15,17,19H,2-4,8-11,13H2,1H3. The second kappa shape index (κ2) is 6.37. The van der Waals surface area contributed by atoms with E-state index in [1.54, 1.807) is 7.11 Å². The zero-order valence-corrected chi connectivity index (χ0v) is 12.9. The van der Waals surface area contributed by atoms with Gasteiger partial charge >= 0.3 is 0 Å². The summed E-state index contributed by atoms with van der Waals surface area (Å²) in [6, 6.07) is 7.82. The van der Waals surface area contributed by atoms with E-state index in [4.69, 9.17) is 9.47 Å². The lowest BCUT2D eigenvalue weighted by molar-refractivity contribution is -0.134. The van der Waals surface area contributed by atoms with Crippen molar-refractivity contribution in [3.05, 3.63) is 29.8 Å². The first-order chi connectivity index (χ1) is 10.2. The topological polar surface area (TPSA) is 38.7 Å². The zero-order valence-electron chi connectivity index (χ0n) is 12.9. The van der Waals surface area contributed by atoms with Crippen molar-refractivity contribution in [3.63, 3.8) is 0 Å².